The van der Waals surface area contributed by atoms with Gasteiger partial charge in [-0.15, -0.1) is 0 Å². The summed E-state index contributed by atoms with van der Waals surface area (Å²) in [7, 11) is 0. The van der Waals surface area contributed by atoms with E-state index in [1.54, 1.807) is 0 Å². The molecule has 2 N–H and O–H groups in total. The van der Waals surface area contributed by atoms with Crippen LogP contribution in [-0.2, 0) is 4.79 Å². The van der Waals surface area contributed by atoms with Crippen LogP contribution in [0.15, 0.2) is 0 Å². The van der Waals surface area contributed by atoms with Crippen LogP contribution in [0.2, 0.25) is 0 Å². The van der Waals surface area contributed by atoms with Gasteiger partial charge in [-0.3, -0.25) is 4.79 Å². The van der Waals surface area contributed by atoms with E-state index < -0.39 is 0 Å². The molecular weight excluding hydrogens is 174 g/mol. The zero-order chi connectivity index (χ0) is 11.2. The Kier molecular flexibility index (Phi) is 6.01. The third kappa shape index (κ3) is 7.07. The number of nitrogens with two attached hydrogens (primary N) is 1. The topological polar surface area (TPSA) is 43.1 Å². The SMILES string of the molecule is CC(CCCN)C(=O)CCC(C)(C)C. The molecule has 0 aromatic carbocycles. The van der Waals surface area contributed by atoms with Gasteiger partial charge in [-0.2, -0.15) is 0 Å². The molecule has 1 atom stereocenters. The standard InChI is InChI=1S/C12H25NO/c1-10(6-5-9-13)11(14)7-8-12(2,3)4/h10H,5-9,13H2,1-4H3. The third-order valence-electron chi connectivity index (χ3n) is 2.51. The molecule has 0 radical (unpaired) electrons. The van der Waals surface area contributed by atoms with Crippen molar-refractivity contribution >= 4 is 5.78 Å². The van der Waals surface area contributed by atoms with E-state index in [4.69, 9.17) is 5.73 Å². The lowest BCUT2D eigenvalue weighted by Crippen LogP contribution is -2.16. The highest BCUT2D eigenvalue weighted by molar-refractivity contribution is 5.80. The monoisotopic (exact) mass is 199 g/mol. The maximum atomic E-state index is 11.7. The number of carbonyl (C=O) groups is 1. The third-order valence-corrected chi connectivity index (χ3v) is 2.51. The van der Waals surface area contributed by atoms with E-state index in [1.807, 2.05) is 6.92 Å². The lowest BCUT2D eigenvalue weighted by Gasteiger charge is -2.18. The molecule has 0 aliphatic heterocycles. The molecule has 0 aromatic heterocycles. The minimum absolute atomic E-state index is 0.195. The summed E-state index contributed by atoms with van der Waals surface area (Å²) in [5.74, 6) is 0.592. The first-order valence-electron chi connectivity index (χ1n) is 5.59. The van der Waals surface area contributed by atoms with Crippen molar-refractivity contribution in [1.82, 2.24) is 0 Å². The Bertz CT molecular complexity index is 170. The molecule has 0 rings (SSSR count). The van der Waals surface area contributed by atoms with E-state index in [1.165, 1.54) is 0 Å². The summed E-state index contributed by atoms with van der Waals surface area (Å²) in [4.78, 5) is 11.7. The molecule has 0 heterocycles. The lowest BCUT2D eigenvalue weighted by atomic mass is 9.87. The van der Waals surface area contributed by atoms with Gasteiger partial charge in [0.25, 0.3) is 0 Å². The largest absolute Gasteiger partial charge is 0.330 e. The molecule has 0 fully saturated rings. The van der Waals surface area contributed by atoms with Crippen molar-refractivity contribution in [3.8, 4) is 0 Å². The summed E-state index contributed by atoms with van der Waals surface area (Å²) >= 11 is 0. The molecule has 0 aliphatic carbocycles. The minimum atomic E-state index is 0.195. The molecule has 0 bridgehead atoms. The second kappa shape index (κ2) is 6.18. The summed E-state index contributed by atoms with van der Waals surface area (Å²) in [6, 6.07) is 0. The number of hydrogen-bond acceptors (Lipinski definition) is 2. The van der Waals surface area contributed by atoms with Gasteiger partial charge in [-0.25, -0.2) is 0 Å². The van der Waals surface area contributed by atoms with Crippen molar-refractivity contribution in [1.29, 1.82) is 0 Å². The molecule has 0 saturated carbocycles. The predicted molar refractivity (Wildman–Crippen MR) is 61.1 cm³/mol. The number of ketones is 1. The average Bonchev–Trinajstić information content (AvgIpc) is 2.09. The van der Waals surface area contributed by atoms with Gasteiger partial charge in [0.15, 0.2) is 0 Å². The maximum Gasteiger partial charge on any atom is 0.135 e. The number of carbonyl (C=O) groups excluding carboxylic acids is 1. The number of Topliss-reactive ketones (excluding diaryl/α,β-unsaturated/α-hetero) is 1. The fourth-order valence-corrected chi connectivity index (χ4v) is 1.33. The summed E-state index contributed by atoms with van der Waals surface area (Å²) < 4.78 is 0. The van der Waals surface area contributed by atoms with Gasteiger partial charge in [0, 0.05) is 12.3 Å². The van der Waals surface area contributed by atoms with Crippen LogP contribution in [0.5, 0.6) is 0 Å². The van der Waals surface area contributed by atoms with E-state index in [0.29, 0.717) is 12.3 Å². The first kappa shape index (κ1) is 13.6. The Labute approximate surface area is 88.3 Å². The van der Waals surface area contributed by atoms with E-state index >= 15 is 0 Å². The van der Waals surface area contributed by atoms with Crippen molar-refractivity contribution in [2.75, 3.05) is 6.54 Å². The Morgan fingerprint density at radius 1 is 1.36 bits per heavy atom. The molecule has 0 spiro atoms. The van der Waals surface area contributed by atoms with Crippen molar-refractivity contribution < 1.29 is 4.79 Å². The van der Waals surface area contributed by atoms with Crippen LogP contribution in [0.25, 0.3) is 0 Å². The number of rotatable bonds is 6. The molecule has 2 heteroatoms. The fourth-order valence-electron chi connectivity index (χ4n) is 1.33. The molecule has 84 valence electrons. The van der Waals surface area contributed by atoms with Crippen molar-refractivity contribution in [2.45, 2.75) is 53.4 Å². The minimum Gasteiger partial charge on any atom is -0.330 e. The van der Waals surface area contributed by atoms with Gasteiger partial charge >= 0.3 is 0 Å². The number of hydrogen-bond donors (Lipinski definition) is 1. The van der Waals surface area contributed by atoms with Gasteiger partial charge in [-0.1, -0.05) is 27.7 Å². The van der Waals surface area contributed by atoms with E-state index in [9.17, 15) is 4.79 Å². The van der Waals surface area contributed by atoms with Crippen molar-refractivity contribution in [2.24, 2.45) is 17.1 Å². The van der Waals surface area contributed by atoms with Gasteiger partial charge in [0.2, 0.25) is 0 Å². The summed E-state index contributed by atoms with van der Waals surface area (Å²) in [5, 5.41) is 0. The van der Waals surface area contributed by atoms with Gasteiger partial charge in [0.1, 0.15) is 5.78 Å². The van der Waals surface area contributed by atoms with Crippen LogP contribution in [0.4, 0.5) is 0 Å². The highest BCUT2D eigenvalue weighted by atomic mass is 16.1. The average molecular weight is 199 g/mol. The first-order valence-corrected chi connectivity index (χ1v) is 5.59. The van der Waals surface area contributed by atoms with E-state index in [0.717, 1.165) is 25.7 Å². The van der Waals surface area contributed by atoms with Crippen LogP contribution < -0.4 is 5.73 Å². The molecule has 0 aromatic rings. The van der Waals surface area contributed by atoms with E-state index in [2.05, 4.69) is 20.8 Å². The van der Waals surface area contributed by atoms with Crippen LogP contribution in [0, 0.1) is 11.3 Å². The first-order chi connectivity index (χ1) is 6.37. The van der Waals surface area contributed by atoms with Crippen molar-refractivity contribution in [3.63, 3.8) is 0 Å². The summed E-state index contributed by atoms with van der Waals surface area (Å²) in [6.45, 7) is 9.22. The highest BCUT2D eigenvalue weighted by Gasteiger charge is 2.16. The molecule has 14 heavy (non-hydrogen) atoms. The lowest BCUT2D eigenvalue weighted by molar-refractivity contribution is -0.123. The van der Waals surface area contributed by atoms with Gasteiger partial charge in [0.05, 0.1) is 0 Å². The summed E-state index contributed by atoms with van der Waals surface area (Å²) in [5.41, 5.74) is 5.68. The zero-order valence-corrected chi connectivity index (χ0v) is 10.1. The second-order valence-corrected chi connectivity index (χ2v) is 5.36. The van der Waals surface area contributed by atoms with Crippen molar-refractivity contribution in [3.05, 3.63) is 0 Å². The Morgan fingerprint density at radius 2 is 1.93 bits per heavy atom. The van der Waals surface area contributed by atoms with Crippen LogP contribution in [0.1, 0.15) is 53.4 Å². The van der Waals surface area contributed by atoms with Gasteiger partial charge in [-0.05, 0) is 31.2 Å². The quantitative estimate of drug-likeness (QED) is 0.714. The molecular formula is C12H25NO. The Hall–Kier alpha value is -0.370. The molecule has 0 saturated heterocycles. The van der Waals surface area contributed by atoms with Crippen LogP contribution in [0.3, 0.4) is 0 Å². The van der Waals surface area contributed by atoms with Crippen LogP contribution >= 0.6 is 0 Å². The smallest absolute Gasteiger partial charge is 0.135 e. The zero-order valence-electron chi connectivity index (χ0n) is 10.1. The summed E-state index contributed by atoms with van der Waals surface area (Å²) in [6.07, 6.45) is 3.61. The molecule has 0 amide bonds. The highest BCUT2D eigenvalue weighted by Crippen LogP contribution is 2.22. The Balaban J connectivity index is 3.73. The second-order valence-electron chi connectivity index (χ2n) is 5.36. The molecule has 0 aliphatic rings. The molecule has 2 nitrogen and oxygen atoms in total. The van der Waals surface area contributed by atoms with E-state index in [-0.39, 0.29) is 11.3 Å². The van der Waals surface area contributed by atoms with Gasteiger partial charge < -0.3 is 5.73 Å². The fraction of sp³-hybridized carbons (Fsp3) is 0.917. The molecule has 1 unspecified atom stereocenters. The Morgan fingerprint density at radius 3 is 2.36 bits per heavy atom. The van der Waals surface area contributed by atoms with Crippen LogP contribution in [-0.4, -0.2) is 12.3 Å². The predicted octanol–water partition coefficient (Wildman–Crippen LogP) is 2.76. The maximum absolute atomic E-state index is 11.7. The normalized spacial score (nSPS) is 14.1.